The fraction of sp³-hybridized carbons (Fsp3) is 0.308. The molecule has 0 aromatic carbocycles. The Morgan fingerprint density at radius 1 is 0.364 bits per heavy atom. The van der Waals surface area contributed by atoms with Crippen molar-refractivity contribution in [1.29, 1.82) is 0 Å². The maximum absolute atomic E-state index is 8.51. The average Bonchev–Trinajstić information content (AvgIpc) is 3.77. The van der Waals surface area contributed by atoms with Gasteiger partial charge in [0.2, 0.25) is 0 Å². The van der Waals surface area contributed by atoms with Crippen LogP contribution in [0.25, 0.3) is 0 Å². The summed E-state index contributed by atoms with van der Waals surface area (Å²) in [6.45, 7) is 0. The van der Waals surface area contributed by atoms with Gasteiger partial charge in [-0.05, 0) is 0 Å². The van der Waals surface area contributed by atoms with Crippen LogP contribution in [0.2, 0.25) is 12.1 Å². The second-order valence-electron chi connectivity index (χ2n) is 12.7. The molecule has 0 unspecified atom stereocenters. The van der Waals surface area contributed by atoms with Crippen molar-refractivity contribution in [2.45, 2.75) is 12.1 Å². The number of imidazole rings is 6. The minimum absolute atomic E-state index is 0.124. The second kappa shape index (κ2) is 8.76. The molecule has 0 bridgehead atoms. The minimum atomic E-state index is -5.67. The van der Waals surface area contributed by atoms with Crippen molar-refractivity contribution in [2.24, 2.45) is 42.3 Å². The van der Waals surface area contributed by atoms with E-state index >= 15 is 0 Å². The SMILES string of the molecule is Cn1cc[n+]([Si-2](Cl)(Cl)(CC[Si-2](Cl)(Cl)([n+]2ccn(C)c2)([n+]2ccn(C)c2)[n+]2ccn(C)c2)([n+]2ccn(C)c2)[n+]2ccn(C)c2)c1. The number of halogens is 4. The van der Waals surface area contributed by atoms with Gasteiger partial charge in [-0.3, -0.25) is 0 Å². The first-order valence-corrected chi connectivity index (χ1v) is 24.3. The molecule has 0 amide bonds. The van der Waals surface area contributed by atoms with E-state index in [0.717, 1.165) is 0 Å². The predicted octanol–water partition coefficient (Wildman–Crippen LogP) is 0.668. The Bertz CT molecular complexity index is 1710. The van der Waals surface area contributed by atoms with Crippen LogP contribution in [0.4, 0.5) is 0 Å². The van der Waals surface area contributed by atoms with E-state index < -0.39 is 11.5 Å². The zero-order chi connectivity index (χ0) is 31.9. The zero-order valence-corrected chi connectivity index (χ0v) is 30.7. The van der Waals surface area contributed by atoms with E-state index in [2.05, 4.69) is 0 Å². The molecule has 0 spiro atoms. The third-order valence-electron chi connectivity index (χ3n) is 9.44. The van der Waals surface area contributed by atoms with Crippen LogP contribution in [-0.2, 0) is 42.3 Å². The molecule has 44 heavy (non-hydrogen) atoms. The Kier molecular flexibility index (Phi) is 6.15. The summed E-state index contributed by atoms with van der Waals surface area (Å²) in [6.07, 6.45) is 34.5. The van der Waals surface area contributed by atoms with Gasteiger partial charge < -0.3 is 0 Å². The van der Waals surface area contributed by atoms with Gasteiger partial charge in [-0.2, -0.15) is 0 Å². The van der Waals surface area contributed by atoms with Crippen LogP contribution in [-0.4, -0.2) is 38.9 Å². The van der Waals surface area contributed by atoms with Gasteiger partial charge in [0, 0.05) is 0 Å². The number of aryl methyl sites for hydroxylation is 6. The van der Waals surface area contributed by atoms with E-state index in [4.69, 9.17) is 44.3 Å². The third-order valence-corrected chi connectivity index (χ3v) is 30.7. The summed E-state index contributed by atoms with van der Waals surface area (Å²) < 4.78 is 23.2. The van der Waals surface area contributed by atoms with Gasteiger partial charge in [-0.1, -0.05) is 0 Å². The summed E-state index contributed by atoms with van der Waals surface area (Å²) >= 11 is 34.0. The van der Waals surface area contributed by atoms with Crippen LogP contribution >= 0.6 is 44.3 Å². The summed E-state index contributed by atoms with van der Waals surface area (Å²) in [7, 11) is 11.6. The van der Waals surface area contributed by atoms with Crippen LogP contribution in [0.1, 0.15) is 0 Å². The molecule has 0 aliphatic rings. The Hall–Kier alpha value is -3.15. The average molecular weight is 719 g/mol. The van der Waals surface area contributed by atoms with Gasteiger partial charge in [-0.15, -0.1) is 0 Å². The summed E-state index contributed by atoms with van der Waals surface area (Å²) in [5.74, 6) is 0. The fourth-order valence-corrected chi connectivity index (χ4v) is 26.3. The standard InChI is InChI=1S/C26H40Cl4N12Si2/c1-31-7-13-37(21-31)43(27,28,38-14-8-32(2)22-38,39-15-9-33(3)23-39)19-20-44(29,30,40-16-10-34(4)24-40,41-17-11-35(5)25-41)42-18-12-36(6)26-42/h7-18,21-26H,19-20H2,1-6H3/q+2. The van der Waals surface area contributed by atoms with Gasteiger partial charge >= 0.3 is 275 Å². The summed E-state index contributed by atoms with van der Waals surface area (Å²) in [4.78, 5) is 0. The van der Waals surface area contributed by atoms with Gasteiger partial charge in [0.15, 0.2) is 0 Å². The Balaban J connectivity index is 1.78. The molecule has 0 N–H and O–H groups in total. The molecule has 0 radical (unpaired) electrons. The van der Waals surface area contributed by atoms with Gasteiger partial charge in [0.1, 0.15) is 0 Å². The van der Waals surface area contributed by atoms with Crippen molar-refractivity contribution in [2.75, 3.05) is 0 Å². The molecule has 0 aliphatic carbocycles. The van der Waals surface area contributed by atoms with Gasteiger partial charge in [-0.25, -0.2) is 0 Å². The quantitative estimate of drug-likeness (QED) is 0.156. The van der Waals surface area contributed by atoms with Crippen LogP contribution in [0.3, 0.4) is 0 Å². The van der Waals surface area contributed by atoms with Crippen LogP contribution in [0, 0.1) is 0 Å². The second-order valence-corrected chi connectivity index (χ2v) is 36.0. The number of hydrogen-bond donors (Lipinski definition) is 0. The summed E-state index contributed by atoms with van der Waals surface area (Å²) in [5, 5.41) is 0. The normalized spacial score (nSPS) is 16.0. The van der Waals surface area contributed by atoms with Gasteiger partial charge in [0.25, 0.3) is 0 Å². The van der Waals surface area contributed by atoms with Crippen molar-refractivity contribution in [1.82, 2.24) is 27.4 Å². The predicted molar refractivity (Wildman–Crippen MR) is 171 cm³/mol. The molecule has 6 aromatic rings. The van der Waals surface area contributed by atoms with Crippen molar-refractivity contribution < 1.29 is 25.4 Å². The monoisotopic (exact) mass is 716 g/mol. The molecule has 0 saturated heterocycles. The van der Waals surface area contributed by atoms with Gasteiger partial charge in [0.05, 0.1) is 0 Å². The molecule has 18 heteroatoms. The molecule has 238 valence electrons. The van der Waals surface area contributed by atoms with Crippen LogP contribution in [0.5, 0.6) is 0 Å². The van der Waals surface area contributed by atoms with Crippen molar-refractivity contribution in [3.63, 3.8) is 0 Å². The Labute approximate surface area is 274 Å². The number of aromatic nitrogens is 12. The molecular weight excluding hydrogens is 678 g/mol. The molecule has 6 heterocycles. The zero-order valence-electron chi connectivity index (χ0n) is 25.7. The number of rotatable bonds is 9. The van der Waals surface area contributed by atoms with Crippen molar-refractivity contribution in [3.05, 3.63) is 112 Å². The van der Waals surface area contributed by atoms with Crippen molar-refractivity contribution >= 4 is 55.8 Å². The number of nitrogens with zero attached hydrogens (tertiary/aromatic N) is 12. The first-order chi connectivity index (χ1) is 20.4. The fourth-order valence-electron chi connectivity index (χ4n) is 6.67. The molecule has 0 aliphatic heterocycles. The molecule has 6 rings (SSSR count). The van der Waals surface area contributed by atoms with E-state index in [0.29, 0.717) is 0 Å². The van der Waals surface area contributed by atoms with E-state index in [1.165, 1.54) is 0 Å². The van der Waals surface area contributed by atoms with Crippen molar-refractivity contribution in [3.8, 4) is 0 Å². The summed E-state index contributed by atoms with van der Waals surface area (Å²) in [5.41, 5.74) is -11.3. The number of hydrogen-bond acceptors (Lipinski definition) is 0. The first kappa shape index (κ1) is 30.9. The molecule has 12 nitrogen and oxygen atoms in total. The summed E-state index contributed by atoms with van der Waals surface area (Å²) in [6, 6.07) is 0.249. The third kappa shape index (κ3) is 3.75. The molecule has 0 fully saturated rings. The first-order valence-electron chi connectivity index (χ1n) is 14.2. The van der Waals surface area contributed by atoms with E-state index in [1.807, 2.05) is 207 Å². The van der Waals surface area contributed by atoms with Crippen LogP contribution in [0.15, 0.2) is 112 Å². The van der Waals surface area contributed by atoms with E-state index in [-0.39, 0.29) is 12.1 Å². The van der Waals surface area contributed by atoms with Crippen LogP contribution < -0.4 is 25.4 Å². The molecule has 6 aromatic heterocycles. The topological polar surface area (TPSA) is 52.9 Å². The van der Waals surface area contributed by atoms with E-state index in [1.54, 1.807) is 0 Å². The Morgan fingerprint density at radius 2 is 0.523 bits per heavy atom. The van der Waals surface area contributed by atoms with E-state index in [9.17, 15) is 0 Å². The molecule has 0 saturated carbocycles. The molecule has 0 atom stereocenters. The molecular formula is C26H40Cl4N12Si2+2. The Morgan fingerprint density at radius 3 is 0.636 bits per heavy atom. The maximum atomic E-state index is 8.51.